The lowest BCUT2D eigenvalue weighted by molar-refractivity contribution is 0.200. The minimum Gasteiger partial charge on any atom is -0.496 e. The van der Waals surface area contributed by atoms with Crippen LogP contribution in [0.1, 0.15) is 51.7 Å². The standard InChI is InChI=1S/C29H31N3O3S2/c1-6-18(3)34-26-20(16-30)21(17-31)27(35-19(4)7-2)29(37-25-15-11-9-13-23(25)33-5)28(26)36-24-14-10-8-12-22(24)32/h8-15,18-19H,6-7,32H2,1-5H3. The second-order valence-corrected chi connectivity index (χ2v) is 10.5. The molecular weight excluding hydrogens is 502 g/mol. The first-order chi connectivity index (χ1) is 17.9. The highest BCUT2D eigenvalue weighted by Gasteiger charge is 2.30. The average molecular weight is 534 g/mol. The molecule has 0 heterocycles. The third-order valence-electron chi connectivity index (χ3n) is 5.75. The largest absolute Gasteiger partial charge is 0.496 e. The molecule has 0 aliphatic heterocycles. The number of ether oxygens (including phenoxy) is 3. The summed E-state index contributed by atoms with van der Waals surface area (Å²) >= 11 is 2.81. The van der Waals surface area contributed by atoms with Gasteiger partial charge in [-0.2, -0.15) is 10.5 Å². The van der Waals surface area contributed by atoms with E-state index in [4.69, 9.17) is 19.9 Å². The summed E-state index contributed by atoms with van der Waals surface area (Å²) in [5, 5.41) is 20.5. The zero-order valence-electron chi connectivity index (χ0n) is 21.7. The van der Waals surface area contributed by atoms with Gasteiger partial charge in [-0.1, -0.05) is 61.6 Å². The molecule has 0 fully saturated rings. The van der Waals surface area contributed by atoms with Crippen molar-refractivity contribution in [2.45, 2.75) is 72.3 Å². The van der Waals surface area contributed by atoms with Crippen molar-refractivity contribution >= 4 is 29.2 Å². The summed E-state index contributed by atoms with van der Waals surface area (Å²) in [5.74, 6) is 1.40. The summed E-state index contributed by atoms with van der Waals surface area (Å²) < 4.78 is 18.3. The van der Waals surface area contributed by atoms with Gasteiger partial charge in [-0.05, 0) is 51.0 Å². The second-order valence-electron chi connectivity index (χ2n) is 8.36. The monoisotopic (exact) mass is 533 g/mol. The predicted molar refractivity (Wildman–Crippen MR) is 149 cm³/mol. The number of nitrogens with zero attached hydrogens (tertiary/aromatic N) is 2. The van der Waals surface area contributed by atoms with Crippen LogP contribution in [0.25, 0.3) is 0 Å². The maximum atomic E-state index is 10.3. The Labute approximate surface area is 227 Å². The zero-order chi connectivity index (χ0) is 26.9. The van der Waals surface area contributed by atoms with Crippen LogP contribution in [-0.2, 0) is 0 Å². The Bertz CT molecular complexity index is 1330. The molecule has 3 aromatic carbocycles. The molecule has 0 amide bonds. The number of nitrogens with two attached hydrogens (primary N) is 1. The van der Waals surface area contributed by atoms with Crippen LogP contribution in [0.3, 0.4) is 0 Å². The van der Waals surface area contributed by atoms with Gasteiger partial charge in [0.15, 0.2) is 11.5 Å². The van der Waals surface area contributed by atoms with Gasteiger partial charge in [-0.3, -0.25) is 0 Å². The van der Waals surface area contributed by atoms with E-state index in [1.54, 1.807) is 7.11 Å². The van der Waals surface area contributed by atoms with Gasteiger partial charge in [-0.15, -0.1) is 0 Å². The second kappa shape index (κ2) is 13.2. The Hall–Kier alpha value is -3.46. The highest BCUT2D eigenvalue weighted by atomic mass is 32.2. The molecule has 37 heavy (non-hydrogen) atoms. The number of rotatable bonds is 11. The molecular formula is C29H31N3O3S2. The number of nitrogen functional groups attached to an aromatic ring is 1. The van der Waals surface area contributed by atoms with Crippen molar-refractivity contribution in [1.29, 1.82) is 10.5 Å². The topological polar surface area (TPSA) is 101 Å². The molecule has 2 atom stereocenters. The smallest absolute Gasteiger partial charge is 0.154 e. The normalized spacial score (nSPS) is 12.2. The molecule has 0 bridgehead atoms. The molecule has 0 saturated heterocycles. The number of anilines is 1. The lowest BCUT2D eigenvalue weighted by atomic mass is 10.1. The third-order valence-corrected chi connectivity index (χ3v) is 8.21. The van der Waals surface area contributed by atoms with Crippen molar-refractivity contribution in [3.63, 3.8) is 0 Å². The van der Waals surface area contributed by atoms with Crippen molar-refractivity contribution in [2.24, 2.45) is 0 Å². The molecule has 8 heteroatoms. The number of benzene rings is 3. The van der Waals surface area contributed by atoms with E-state index in [9.17, 15) is 10.5 Å². The SMILES string of the molecule is CCC(C)Oc1c(C#N)c(C#N)c(OC(C)CC)c(Sc2ccccc2OC)c1Sc1ccccc1N. The highest BCUT2D eigenvalue weighted by molar-refractivity contribution is 8.02. The van der Waals surface area contributed by atoms with Crippen LogP contribution >= 0.6 is 23.5 Å². The fraction of sp³-hybridized carbons (Fsp3) is 0.310. The van der Waals surface area contributed by atoms with Crippen molar-refractivity contribution in [2.75, 3.05) is 12.8 Å². The van der Waals surface area contributed by atoms with Gasteiger partial charge in [-0.25, -0.2) is 0 Å². The molecule has 0 aliphatic carbocycles. The van der Waals surface area contributed by atoms with Crippen molar-refractivity contribution in [3.8, 4) is 29.4 Å². The minimum atomic E-state index is -0.184. The van der Waals surface area contributed by atoms with Crippen LogP contribution in [0, 0.1) is 22.7 Å². The van der Waals surface area contributed by atoms with Crippen LogP contribution in [0.5, 0.6) is 17.2 Å². The van der Waals surface area contributed by atoms with E-state index < -0.39 is 0 Å². The number of methoxy groups -OCH3 is 1. The van der Waals surface area contributed by atoms with E-state index in [1.807, 2.05) is 76.2 Å². The number of hydrogen-bond acceptors (Lipinski definition) is 8. The first kappa shape index (κ1) is 28.1. The Morgan fingerprint density at radius 2 is 1.24 bits per heavy atom. The van der Waals surface area contributed by atoms with E-state index in [2.05, 4.69) is 12.1 Å². The molecule has 0 aromatic heterocycles. The third kappa shape index (κ3) is 6.46. The van der Waals surface area contributed by atoms with E-state index in [0.29, 0.717) is 32.7 Å². The first-order valence-corrected chi connectivity index (χ1v) is 13.7. The molecule has 3 rings (SSSR count). The fourth-order valence-corrected chi connectivity index (χ4v) is 5.63. The molecule has 2 unspecified atom stereocenters. The van der Waals surface area contributed by atoms with Gasteiger partial charge in [0.2, 0.25) is 0 Å². The van der Waals surface area contributed by atoms with Crippen LogP contribution in [0.15, 0.2) is 68.1 Å². The minimum absolute atomic E-state index is 0.155. The fourth-order valence-electron chi connectivity index (χ4n) is 3.35. The Morgan fingerprint density at radius 1 is 0.784 bits per heavy atom. The highest BCUT2D eigenvalue weighted by Crippen LogP contribution is 2.54. The predicted octanol–water partition coefficient (Wildman–Crippen LogP) is 7.68. The zero-order valence-corrected chi connectivity index (χ0v) is 23.3. The first-order valence-electron chi connectivity index (χ1n) is 12.1. The van der Waals surface area contributed by atoms with Gasteiger partial charge in [0.25, 0.3) is 0 Å². The number of para-hydroxylation sites is 2. The maximum absolute atomic E-state index is 10.3. The summed E-state index contributed by atoms with van der Waals surface area (Å²) in [7, 11) is 1.62. The number of nitriles is 2. The number of hydrogen-bond donors (Lipinski definition) is 1. The maximum Gasteiger partial charge on any atom is 0.154 e. The van der Waals surface area contributed by atoms with Crippen LogP contribution in [0.4, 0.5) is 5.69 Å². The van der Waals surface area contributed by atoms with Gasteiger partial charge >= 0.3 is 0 Å². The Morgan fingerprint density at radius 3 is 1.70 bits per heavy atom. The summed E-state index contributed by atoms with van der Waals surface area (Å²) in [5.41, 5.74) is 7.24. The quantitative estimate of drug-likeness (QED) is 0.250. The van der Waals surface area contributed by atoms with Gasteiger partial charge in [0.05, 0.1) is 34.0 Å². The Kier molecular flexibility index (Phi) is 10.0. The van der Waals surface area contributed by atoms with Crippen LogP contribution in [0.2, 0.25) is 0 Å². The molecule has 0 spiro atoms. The van der Waals surface area contributed by atoms with Crippen molar-refractivity contribution in [3.05, 3.63) is 59.7 Å². The molecule has 0 radical (unpaired) electrons. The lowest BCUT2D eigenvalue weighted by Gasteiger charge is -2.25. The lowest BCUT2D eigenvalue weighted by Crippen LogP contribution is -2.16. The molecule has 0 aliphatic rings. The van der Waals surface area contributed by atoms with Gasteiger partial charge in [0.1, 0.15) is 29.0 Å². The summed E-state index contributed by atoms with van der Waals surface area (Å²) in [6.07, 6.45) is 1.09. The van der Waals surface area contributed by atoms with Gasteiger partial charge in [0, 0.05) is 10.6 Å². The van der Waals surface area contributed by atoms with Crippen molar-refractivity contribution in [1.82, 2.24) is 0 Å². The summed E-state index contributed by atoms with van der Waals surface area (Å²) in [4.78, 5) is 2.99. The molecule has 192 valence electrons. The molecule has 6 nitrogen and oxygen atoms in total. The Balaban J connectivity index is 2.43. The molecule has 0 saturated carbocycles. The molecule has 3 aromatic rings. The van der Waals surface area contributed by atoms with Gasteiger partial charge < -0.3 is 19.9 Å². The van der Waals surface area contributed by atoms with E-state index in [-0.39, 0.29) is 23.3 Å². The van der Waals surface area contributed by atoms with Crippen LogP contribution in [-0.4, -0.2) is 19.3 Å². The van der Waals surface area contributed by atoms with E-state index in [0.717, 1.165) is 22.6 Å². The van der Waals surface area contributed by atoms with Crippen molar-refractivity contribution < 1.29 is 14.2 Å². The average Bonchev–Trinajstić information content (AvgIpc) is 2.92. The van der Waals surface area contributed by atoms with E-state index in [1.165, 1.54) is 23.5 Å². The molecule has 2 N–H and O–H groups in total. The van der Waals surface area contributed by atoms with Crippen LogP contribution < -0.4 is 19.9 Å². The summed E-state index contributed by atoms with van der Waals surface area (Å²) in [6.45, 7) is 7.90. The van der Waals surface area contributed by atoms with E-state index >= 15 is 0 Å². The summed E-state index contributed by atoms with van der Waals surface area (Å²) in [6, 6.07) is 19.6.